The molecule has 1 aliphatic rings. The fraction of sp³-hybridized carbons (Fsp3) is 0.600. The maximum Gasteiger partial charge on any atom is 0.332 e. The summed E-state index contributed by atoms with van der Waals surface area (Å²) in [6.45, 7) is 9.86. The van der Waals surface area contributed by atoms with Crippen LogP contribution in [0, 0.1) is 0 Å². The summed E-state index contributed by atoms with van der Waals surface area (Å²) < 4.78 is 5.21. The van der Waals surface area contributed by atoms with Crippen molar-refractivity contribution in [2.45, 2.75) is 44.6 Å². The van der Waals surface area contributed by atoms with Crippen molar-refractivity contribution >= 4 is 11.9 Å². The van der Waals surface area contributed by atoms with Crippen LogP contribution in [-0.2, 0) is 14.3 Å². The zero-order chi connectivity index (χ0) is 14.3. The predicted molar refractivity (Wildman–Crippen MR) is 74.6 cm³/mol. The second-order valence-electron chi connectivity index (χ2n) is 4.73. The standard InChI is InChI=1S/C15H23NO3/c1-4-7-10-15(14(18)19-6-3)11-8-9-13(17)16(15)12-5-2/h4-5H,1-2,6-12H2,3H3/t15-/m1/s1. The number of amides is 1. The lowest BCUT2D eigenvalue weighted by atomic mass is 9.82. The van der Waals surface area contributed by atoms with Crippen LogP contribution in [-0.4, -0.2) is 35.5 Å². The molecule has 106 valence electrons. The molecule has 1 fully saturated rings. The molecule has 4 heteroatoms. The first-order valence-corrected chi connectivity index (χ1v) is 6.82. The van der Waals surface area contributed by atoms with E-state index in [0.29, 0.717) is 38.8 Å². The van der Waals surface area contributed by atoms with Gasteiger partial charge in [0.15, 0.2) is 0 Å². The van der Waals surface area contributed by atoms with E-state index in [0.717, 1.165) is 6.42 Å². The Kier molecular flexibility index (Phi) is 5.80. The van der Waals surface area contributed by atoms with Gasteiger partial charge in [0, 0.05) is 13.0 Å². The molecule has 1 heterocycles. The monoisotopic (exact) mass is 265 g/mol. The maximum absolute atomic E-state index is 12.4. The van der Waals surface area contributed by atoms with Crippen LogP contribution in [0.4, 0.5) is 0 Å². The van der Waals surface area contributed by atoms with Crippen molar-refractivity contribution in [2.24, 2.45) is 0 Å². The molecule has 1 rings (SSSR count). The fourth-order valence-corrected chi connectivity index (χ4v) is 2.63. The molecule has 0 aromatic rings. The van der Waals surface area contributed by atoms with Gasteiger partial charge in [0.1, 0.15) is 5.54 Å². The van der Waals surface area contributed by atoms with Gasteiger partial charge >= 0.3 is 5.97 Å². The smallest absolute Gasteiger partial charge is 0.332 e. The van der Waals surface area contributed by atoms with Gasteiger partial charge in [-0.3, -0.25) is 4.79 Å². The van der Waals surface area contributed by atoms with Gasteiger partial charge in [-0.1, -0.05) is 12.2 Å². The van der Waals surface area contributed by atoms with Gasteiger partial charge in [0.2, 0.25) is 5.91 Å². The average molecular weight is 265 g/mol. The number of carbonyl (C=O) groups excluding carboxylic acids is 2. The second-order valence-corrected chi connectivity index (χ2v) is 4.73. The number of hydrogen-bond acceptors (Lipinski definition) is 3. The van der Waals surface area contributed by atoms with E-state index in [1.54, 1.807) is 24.0 Å². The van der Waals surface area contributed by atoms with Crippen LogP contribution in [0.25, 0.3) is 0 Å². The Morgan fingerprint density at radius 1 is 1.47 bits per heavy atom. The largest absolute Gasteiger partial charge is 0.464 e. The molecule has 0 saturated carbocycles. The Morgan fingerprint density at radius 2 is 2.21 bits per heavy atom. The minimum absolute atomic E-state index is 0.00302. The molecule has 1 aliphatic heterocycles. The van der Waals surface area contributed by atoms with Gasteiger partial charge in [0.05, 0.1) is 6.61 Å². The molecule has 0 aliphatic carbocycles. The Bertz CT molecular complexity index is 364. The third kappa shape index (κ3) is 3.25. The highest BCUT2D eigenvalue weighted by atomic mass is 16.5. The van der Waals surface area contributed by atoms with E-state index in [1.807, 2.05) is 0 Å². The van der Waals surface area contributed by atoms with Crippen LogP contribution in [0.2, 0.25) is 0 Å². The van der Waals surface area contributed by atoms with Crippen molar-refractivity contribution in [3.05, 3.63) is 25.3 Å². The predicted octanol–water partition coefficient (Wildman–Crippen LogP) is 2.45. The number of rotatable bonds is 7. The SMILES string of the molecule is C=CCC[C@]1(C(=O)OCC)CCCC(=O)N1CC=C. The Morgan fingerprint density at radius 3 is 2.79 bits per heavy atom. The first kappa shape index (κ1) is 15.5. The molecule has 0 unspecified atom stereocenters. The number of carbonyl (C=O) groups is 2. The lowest BCUT2D eigenvalue weighted by Gasteiger charge is -2.44. The quantitative estimate of drug-likeness (QED) is 0.524. The van der Waals surface area contributed by atoms with E-state index in [-0.39, 0.29) is 11.9 Å². The lowest BCUT2D eigenvalue weighted by molar-refractivity contribution is -0.168. The summed E-state index contributed by atoms with van der Waals surface area (Å²) in [6, 6.07) is 0. The normalized spacial score (nSPS) is 23.0. The van der Waals surface area contributed by atoms with Crippen molar-refractivity contribution in [1.29, 1.82) is 0 Å². The van der Waals surface area contributed by atoms with E-state index in [4.69, 9.17) is 4.74 Å². The van der Waals surface area contributed by atoms with E-state index < -0.39 is 5.54 Å². The molecular weight excluding hydrogens is 242 g/mol. The molecule has 0 aromatic carbocycles. The summed E-state index contributed by atoms with van der Waals surface area (Å²) in [5, 5.41) is 0. The third-order valence-electron chi connectivity index (χ3n) is 3.53. The van der Waals surface area contributed by atoms with Crippen LogP contribution < -0.4 is 0 Å². The lowest BCUT2D eigenvalue weighted by Crippen LogP contribution is -2.60. The van der Waals surface area contributed by atoms with Crippen LogP contribution in [0.1, 0.15) is 39.0 Å². The molecule has 1 amide bonds. The Labute approximate surface area is 115 Å². The van der Waals surface area contributed by atoms with Gasteiger partial charge in [-0.2, -0.15) is 0 Å². The van der Waals surface area contributed by atoms with Gasteiger partial charge < -0.3 is 9.64 Å². The summed E-state index contributed by atoms with van der Waals surface area (Å²) >= 11 is 0. The number of likely N-dealkylation sites (tertiary alicyclic amines) is 1. The van der Waals surface area contributed by atoms with Gasteiger partial charge in [-0.15, -0.1) is 13.2 Å². The van der Waals surface area contributed by atoms with E-state index >= 15 is 0 Å². The zero-order valence-corrected chi connectivity index (χ0v) is 11.7. The minimum atomic E-state index is -0.840. The van der Waals surface area contributed by atoms with Crippen molar-refractivity contribution in [3.8, 4) is 0 Å². The van der Waals surface area contributed by atoms with Crippen LogP contribution in [0.5, 0.6) is 0 Å². The van der Waals surface area contributed by atoms with Crippen LogP contribution in [0.3, 0.4) is 0 Å². The topological polar surface area (TPSA) is 46.6 Å². The number of allylic oxidation sites excluding steroid dienone is 1. The summed E-state index contributed by atoms with van der Waals surface area (Å²) in [7, 11) is 0. The van der Waals surface area contributed by atoms with E-state index in [9.17, 15) is 9.59 Å². The highest BCUT2D eigenvalue weighted by molar-refractivity contribution is 5.89. The van der Waals surface area contributed by atoms with Crippen molar-refractivity contribution < 1.29 is 14.3 Å². The average Bonchev–Trinajstić information content (AvgIpc) is 2.40. The number of hydrogen-bond donors (Lipinski definition) is 0. The molecule has 0 bridgehead atoms. The molecule has 4 nitrogen and oxygen atoms in total. The molecule has 0 N–H and O–H groups in total. The number of nitrogens with zero attached hydrogens (tertiary/aromatic N) is 1. The van der Waals surface area contributed by atoms with Gasteiger partial charge in [-0.25, -0.2) is 4.79 Å². The Balaban J connectivity index is 3.08. The van der Waals surface area contributed by atoms with Crippen molar-refractivity contribution in [2.75, 3.05) is 13.2 Å². The zero-order valence-electron chi connectivity index (χ0n) is 11.7. The van der Waals surface area contributed by atoms with E-state index in [2.05, 4.69) is 13.2 Å². The molecule has 0 radical (unpaired) electrons. The summed E-state index contributed by atoms with van der Waals surface area (Å²) in [5.41, 5.74) is -0.840. The highest BCUT2D eigenvalue weighted by Gasteiger charge is 2.48. The van der Waals surface area contributed by atoms with Crippen LogP contribution >= 0.6 is 0 Å². The molecule has 0 aromatic heterocycles. The highest BCUT2D eigenvalue weighted by Crippen LogP contribution is 2.34. The minimum Gasteiger partial charge on any atom is -0.464 e. The summed E-state index contributed by atoms with van der Waals surface area (Å²) in [6.07, 6.45) is 6.54. The van der Waals surface area contributed by atoms with Crippen molar-refractivity contribution in [3.63, 3.8) is 0 Å². The number of piperidine rings is 1. The summed E-state index contributed by atoms with van der Waals surface area (Å²) in [5.74, 6) is -0.296. The number of ether oxygens (including phenoxy) is 1. The van der Waals surface area contributed by atoms with Crippen LogP contribution in [0.15, 0.2) is 25.3 Å². The van der Waals surface area contributed by atoms with E-state index in [1.165, 1.54) is 0 Å². The Hall–Kier alpha value is -1.58. The van der Waals surface area contributed by atoms with Gasteiger partial charge in [0.25, 0.3) is 0 Å². The molecular formula is C15H23NO3. The first-order chi connectivity index (χ1) is 9.12. The fourth-order valence-electron chi connectivity index (χ4n) is 2.63. The first-order valence-electron chi connectivity index (χ1n) is 6.82. The maximum atomic E-state index is 12.4. The molecule has 0 spiro atoms. The molecule has 19 heavy (non-hydrogen) atoms. The molecule has 1 saturated heterocycles. The number of esters is 1. The molecule has 1 atom stereocenters. The third-order valence-corrected chi connectivity index (χ3v) is 3.53. The summed E-state index contributed by atoms with van der Waals surface area (Å²) in [4.78, 5) is 26.1. The van der Waals surface area contributed by atoms with Crippen molar-refractivity contribution in [1.82, 2.24) is 4.90 Å². The van der Waals surface area contributed by atoms with Gasteiger partial charge in [-0.05, 0) is 32.6 Å². The second kappa shape index (κ2) is 7.12.